The van der Waals surface area contributed by atoms with Crippen LogP contribution in [-0.2, 0) is 0 Å². The summed E-state index contributed by atoms with van der Waals surface area (Å²) < 4.78 is 5.52. The highest BCUT2D eigenvalue weighted by Crippen LogP contribution is 2.17. The Kier molecular flexibility index (Phi) is 4.60. The smallest absolute Gasteiger partial charge is 0.255 e. The van der Waals surface area contributed by atoms with Crippen molar-refractivity contribution in [1.82, 2.24) is 0 Å². The lowest BCUT2D eigenvalue weighted by Crippen LogP contribution is -2.12. The van der Waals surface area contributed by atoms with Gasteiger partial charge in [-0.1, -0.05) is 19.1 Å². The lowest BCUT2D eigenvalue weighted by atomic mass is 10.2. The van der Waals surface area contributed by atoms with Gasteiger partial charge in [0.15, 0.2) is 0 Å². The normalized spacial score (nSPS) is 10.1. The number of hydrogen-bond acceptors (Lipinski definition) is 3. The molecule has 0 atom stereocenters. The minimum atomic E-state index is -0.183. The van der Waals surface area contributed by atoms with Gasteiger partial charge in [-0.3, -0.25) is 4.79 Å². The van der Waals surface area contributed by atoms with Crippen molar-refractivity contribution in [3.05, 3.63) is 54.1 Å². The first-order valence-corrected chi connectivity index (χ1v) is 6.59. The highest BCUT2D eigenvalue weighted by molar-refractivity contribution is 6.04. The second-order valence-electron chi connectivity index (χ2n) is 4.46. The molecule has 0 aromatic heterocycles. The lowest BCUT2D eigenvalue weighted by Gasteiger charge is -2.08. The van der Waals surface area contributed by atoms with E-state index in [0.29, 0.717) is 29.3 Å². The molecule has 0 aliphatic carbocycles. The molecule has 2 rings (SSSR count). The summed E-state index contributed by atoms with van der Waals surface area (Å²) in [7, 11) is 0. The zero-order valence-electron chi connectivity index (χ0n) is 11.4. The Bertz CT molecular complexity index is 597. The molecule has 0 saturated heterocycles. The maximum atomic E-state index is 12.1. The molecule has 2 aromatic carbocycles. The fourth-order valence-corrected chi connectivity index (χ4v) is 1.77. The Morgan fingerprint density at radius 3 is 2.75 bits per heavy atom. The molecule has 2 aromatic rings. The van der Waals surface area contributed by atoms with Crippen molar-refractivity contribution in [2.45, 2.75) is 13.3 Å². The highest BCUT2D eigenvalue weighted by Gasteiger charge is 2.07. The Labute approximate surface area is 118 Å². The van der Waals surface area contributed by atoms with Crippen LogP contribution in [0.4, 0.5) is 11.4 Å². The molecule has 20 heavy (non-hydrogen) atoms. The van der Waals surface area contributed by atoms with Gasteiger partial charge in [-0.2, -0.15) is 0 Å². The van der Waals surface area contributed by atoms with Gasteiger partial charge >= 0.3 is 0 Å². The SMILES string of the molecule is CCCOc1cccc(C(=O)Nc2cccc(N)c2)c1. The van der Waals surface area contributed by atoms with Crippen LogP contribution in [0.3, 0.4) is 0 Å². The summed E-state index contributed by atoms with van der Waals surface area (Å²) in [5.74, 6) is 0.518. The summed E-state index contributed by atoms with van der Waals surface area (Å²) in [6.45, 7) is 2.68. The van der Waals surface area contributed by atoms with Crippen LogP contribution in [0.1, 0.15) is 23.7 Å². The summed E-state index contributed by atoms with van der Waals surface area (Å²) >= 11 is 0. The maximum absolute atomic E-state index is 12.1. The number of nitrogens with one attached hydrogen (secondary N) is 1. The molecule has 4 heteroatoms. The van der Waals surface area contributed by atoms with Crippen molar-refractivity contribution in [3.8, 4) is 5.75 Å². The number of rotatable bonds is 5. The largest absolute Gasteiger partial charge is 0.494 e. The highest BCUT2D eigenvalue weighted by atomic mass is 16.5. The number of carbonyl (C=O) groups is 1. The van der Waals surface area contributed by atoms with Gasteiger partial charge in [-0.25, -0.2) is 0 Å². The van der Waals surface area contributed by atoms with Crippen LogP contribution >= 0.6 is 0 Å². The number of nitrogen functional groups attached to an aromatic ring is 1. The average Bonchev–Trinajstić information content (AvgIpc) is 2.45. The zero-order chi connectivity index (χ0) is 14.4. The molecule has 3 N–H and O–H groups in total. The number of amides is 1. The van der Waals surface area contributed by atoms with E-state index in [0.717, 1.165) is 6.42 Å². The number of carbonyl (C=O) groups excluding carboxylic acids is 1. The van der Waals surface area contributed by atoms with E-state index in [1.54, 1.807) is 42.5 Å². The minimum absolute atomic E-state index is 0.183. The fourth-order valence-electron chi connectivity index (χ4n) is 1.77. The number of benzene rings is 2. The second-order valence-corrected chi connectivity index (χ2v) is 4.46. The van der Waals surface area contributed by atoms with E-state index in [-0.39, 0.29) is 5.91 Å². The molecule has 0 fully saturated rings. The van der Waals surface area contributed by atoms with E-state index in [2.05, 4.69) is 5.32 Å². The first kappa shape index (κ1) is 13.9. The Hall–Kier alpha value is -2.49. The zero-order valence-corrected chi connectivity index (χ0v) is 11.4. The molecular weight excluding hydrogens is 252 g/mol. The molecule has 4 nitrogen and oxygen atoms in total. The van der Waals surface area contributed by atoms with E-state index >= 15 is 0 Å². The number of anilines is 2. The Morgan fingerprint density at radius 1 is 1.20 bits per heavy atom. The monoisotopic (exact) mass is 270 g/mol. The number of hydrogen-bond donors (Lipinski definition) is 2. The van der Waals surface area contributed by atoms with Gasteiger partial charge < -0.3 is 15.8 Å². The van der Waals surface area contributed by atoms with Crippen molar-refractivity contribution in [2.24, 2.45) is 0 Å². The van der Waals surface area contributed by atoms with Gasteiger partial charge in [0.2, 0.25) is 0 Å². The molecule has 0 unspecified atom stereocenters. The van der Waals surface area contributed by atoms with Crippen molar-refractivity contribution < 1.29 is 9.53 Å². The van der Waals surface area contributed by atoms with E-state index in [4.69, 9.17) is 10.5 Å². The second kappa shape index (κ2) is 6.61. The van der Waals surface area contributed by atoms with E-state index in [9.17, 15) is 4.79 Å². The first-order chi connectivity index (χ1) is 9.69. The van der Waals surface area contributed by atoms with E-state index < -0.39 is 0 Å². The average molecular weight is 270 g/mol. The predicted molar refractivity (Wildman–Crippen MR) is 81.0 cm³/mol. The van der Waals surface area contributed by atoms with Gasteiger partial charge in [0.05, 0.1) is 6.61 Å². The summed E-state index contributed by atoms with van der Waals surface area (Å²) in [6.07, 6.45) is 0.930. The van der Waals surface area contributed by atoms with Gasteiger partial charge in [0.25, 0.3) is 5.91 Å². The summed E-state index contributed by atoms with van der Waals surface area (Å²) in [5.41, 5.74) is 7.53. The Morgan fingerprint density at radius 2 is 2.00 bits per heavy atom. The van der Waals surface area contributed by atoms with Crippen LogP contribution in [0, 0.1) is 0 Å². The molecule has 0 saturated carbocycles. The van der Waals surface area contributed by atoms with Crippen LogP contribution < -0.4 is 15.8 Å². The first-order valence-electron chi connectivity index (χ1n) is 6.59. The van der Waals surface area contributed by atoms with Crippen LogP contribution in [0.5, 0.6) is 5.75 Å². The molecule has 0 aliphatic rings. The van der Waals surface area contributed by atoms with Crippen molar-refractivity contribution >= 4 is 17.3 Å². The standard InChI is InChI=1S/C16H18N2O2/c1-2-9-20-15-8-3-5-12(10-15)16(19)18-14-7-4-6-13(17)11-14/h3-8,10-11H,2,9,17H2,1H3,(H,18,19). The van der Waals surface area contributed by atoms with Crippen LogP contribution in [0.2, 0.25) is 0 Å². The van der Waals surface area contributed by atoms with Crippen molar-refractivity contribution in [1.29, 1.82) is 0 Å². The van der Waals surface area contributed by atoms with Gasteiger partial charge in [-0.15, -0.1) is 0 Å². The molecule has 104 valence electrons. The minimum Gasteiger partial charge on any atom is -0.494 e. The van der Waals surface area contributed by atoms with Crippen LogP contribution in [-0.4, -0.2) is 12.5 Å². The van der Waals surface area contributed by atoms with E-state index in [1.807, 2.05) is 13.0 Å². The molecule has 0 spiro atoms. The third-order valence-electron chi connectivity index (χ3n) is 2.71. The molecule has 1 amide bonds. The van der Waals surface area contributed by atoms with E-state index in [1.165, 1.54) is 0 Å². The van der Waals surface area contributed by atoms with Gasteiger partial charge in [-0.05, 0) is 42.8 Å². The van der Waals surface area contributed by atoms with Crippen LogP contribution in [0.25, 0.3) is 0 Å². The molecular formula is C16H18N2O2. The summed E-state index contributed by atoms with van der Waals surface area (Å²) in [6, 6.07) is 14.2. The molecule has 0 aliphatic heterocycles. The lowest BCUT2D eigenvalue weighted by molar-refractivity contribution is 0.102. The van der Waals surface area contributed by atoms with Crippen molar-refractivity contribution in [3.63, 3.8) is 0 Å². The van der Waals surface area contributed by atoms with Crippen LogP contribution in [0.15, 0.2) is 48.5 Å². The van der Waals surface area contributed by atoms with Gasteiger partial charge in [0, 0.05) is 16.9 Å². The third kappa shape index (κ3) is 3.75. The summed E-state index contributed by atoms with van der Waals surface area (Å²) in [5, 5.41) is 2.81. The summed E-state index contributed by atoms with van der Waals surface area (Å²) in [4.78, 5) is 12.1. The quantitative estimate of drug-likeness (QED) is 0.819. The third-order valence-corrected chi connectivity index (χ3v) is 2.71. The van der Waals surface area contributed by atoms with Crippen molar-refractivity contribution in [2.75, 3.05) is 17.7 Å². The number of ether oxygens (including phenoxy) is 1. The molecule has 0 radical (unpaired) electrons. The van der Waals surface area contributed by atoms with Gasteiger partial charge in [0.1, 0.15) is 5.75 Å². The topological polar surface area (TPSA) is 64.3 Å². The predicted octanol–water partition coefficient (Wildman–Crippen LogP) is 3.31. The molecule has 0 bridgehead atoms. The Balaban J connectivity index is 2.09. The number of nitrogens with two attached hydrogens (primary N) is 1. The maximum Gasteiger partial charge on any atom is 0.255 e. The fraction of sp³-hybridized carbons (Fsp3) is 0.188. The molecule has 0 heterocycles.